The van der Waals surface area contributed by atoms with Gasteiger partial charge in [0, 0.05) is 63.9 Å². The van der Waals surface area contributed by atoms with Gasteiger partial charge in [-0.3, -0.25) is 38.4 Å². The van der Waals surface area contributed by atoms with Gasteiger partial charge in [-0.05, 0) is 57.3 Å². The van der Waals surface area contributed by atoms with Crippen LogP contribution in [0.2, 0.25) is 0 Å². The standard InChI is InChI=1S/C18H31N3O6.C17H29N3O7.CH3Cl/c1-11(2)17(21-15(24)7-4-8-16(25)26)14(23)10-13(12(3)22)6-5-9-20-18(19)27;1-10(2)15(20-13(22)6-3-7-14(23)24)12(21)9-11(16(25)26)5-4-8-19-17(18)27;1-2/h11,13,17H,4-10H2,1-3H3,(H,21,24)(H,25,26)(H3,19,20,27);10-11,15H,3-9H2,1-2H3,(H,20,22)(H,23,24)(H,25,26)(H3,18,19,27);1H3/t13-,17+;11-,15+;/m11./s1. The highest BCUT2D eigenvalue weighted by Gasteiger charge is 2.30. The second kappa shape index (κ2) is 32.4. The van der Waals surface area contributed by atoms with Gasteiger partial charge in [-0.2, -0.15) is 0 Å². The minimum atomic E-state index is -1.13. The molecule has 0 aromatic rings. The fraction of sp³-hybridized carbons (Fsp3) is 0.722. The van der Waals surface area contributed by atoms with Crippen molar-refractivity contribution in [3.8, 4) is 0 Å². The van der Waals surface area contributed by atoms with Gasteiger partial charge in [0.15, 0.2) is 11.6 Å². The van der Waals surface area contributed by atoms with Gasteiger partial charge in [0.05, 0.1) is 18.0 Å². The summed E-state index contributed by atoms with van der Waals surface area (Å²) in [7, 11) is 0. The first kappa shape index (κ1) is 55.5. The quantitative estimate of drug-likeness (QED) is 0.0405. The molecular weight excluding hydrogens is 760 g/mol. The first-order valence-electron chi connectivity index (χ1n) is 18.3. The Morgan fingerprint density at radius 3 is 1.18 bits per heavy atom. The fourth-order valence-electron chi connectivity index (χ4n) is 5.15. The van der Waals surface area contributed by atoms with E-state index in [1.54, 1.807) is 27.7 Å². The van der Waals surface area contributed by atoms with Crippen molar-refractivity contribution in [1.82, 2.24) is 21.3 Å². The maximum absolute atomic E-state index is 12.6. The lowest BCUT2D eigenvalue weighted by atomic mass is 9.88. The number of halogens is 1. The van der Waals surface area contributed by atoms with Gasteiger partial charge in [-0.1, -0.05) is 27.7 Å². The molecular formula is C36H63ClN6O13. The zero-order chi connectivity index (χ0) is 44.0. The summed E-state index contributed by atoms with van der Waals surface area (Å²) in [5, 5.41) is 36.5. The molecule has 0 heterocycles. The second-order valence-corrected chi connectivity index (χ2v) is 13.6. The van der Waals surface area contributed by atoms with Crippen LogP contribution in [0.3, 0.4) is 0 Å². The van der Waals surface area contributed by atoms with E-state index in [1.165, 1.54) is 13.3 Å². The van der Waals surface area contributed by atoms with Gasteiger partial charge in [-0.25, -0.2) is 9.59 Å². The van der Waals surface area contributed by atoms with Crippen molar-refractivity contribution >= 4 is 70.7 Å². The molecule has 0 aliphatic heterocycles. The molecule has 0 aliphatic rings. The SMILES string of the molecule is CC(=O)[C@H](CCCNC(N)=O)CC(=O)[C@@H](NC(=O)CCCC(=O)O)C(C)C.CC(C)[C@H](NC(=O)CCCC(=O)O)C(=O)C[C@@H](CCCNC(N)=O)C(=O)O.CCl. The summed E-state index contributed by atoms with van der Waals surface area (Å²) in [6.45, 7) is 8.98. The number of primary amides is 2. The lowest BCUT2D eigenvalue weighted by molar-refractivity contribution is -0.144. The smallest absolute Gasteiger partial charge is 0.312 e. The second-order valence-electron chi connectivity index (χ2n) is 13.6. The number of aliphatic carboxylic acids is 3. The molecule has 0 spiro atoms. The average Bonchev–Trinajstić information content (AvgIpc) is 3.08. The minimum absolute atomic E-state index is 0.00412. The summed E-state index contributed by atoms with van der Waals surface area (Å²) in [5.74, 6) is -6.52. The van der Waals surface area contributed by atoms with Crippen LogP contribution >= 0.6 is 11.6 Å². The summed E-state index contributed by atoms with van der Waals surface area (Å²) < 4.78 is 0. The zero-order valence-corrected chi connectivity index (χ0v) is 34.1. The Bertz CT molecular complexity index is 1200. The molecule has 0 unspecified atom stereocenters. The lowest BCUT2D eigenvalue weighted by Gasteiger charge is -2.23. The van der Waals surface area contributed by atoms with Gasteiger partial charge in [-0.15, -0.1) is 11.6 Å². The van der Waals surface area contributed by atoms with Crippen LogP contribution < -0.4 is 32.7 Å². The Morgan fingerprint density at radius 1 is 0.554 bits per heavy atom. The Morgan fingerprint density at radius 2 is 0.893 bits per heavy atom. The van der Waals surface area contributed by atoms with Crippen molar-refractivity contribution in [2.45, 2.75) is 124 Å². The van der Waals surface area contributed by atoms with E-state index in [1.807, 2.05) is 0 Å². The molecule has 0 fully saturated rings. The molecule has 19 nitrogen and oxygen atoms in total. The Labute approximate surface area is 333 Å². The maximum atomic E-state index is 12.6. The third kappa shape index (κ3) is 30.5. The highest BCUT2D eigenvalue weighted by atomic mass is 35.5. The van der Waals surface area contributed by atoms with E-state index in [0.29, 0.717) is 25.8 Å². The molecule has 0 radical (unpaired) electrons. The molecule has 0 saturated carbocycles. The summed E-state index contributed by atoms with van der Waals surface area (Å²) in [5.41, 5.74) is 9.90. The monoisotopic (exact) mass is 822 g/mol. The van der Waals surface area contributed by atoms with Gasteiger partial charge in [0.25, 0.3) is 0 Å². The van der Waals surface area contributed by atoms with Crippen molar-refractivity contribution < 1.29 is 63.3 Å². The number of nitrogens with two attached hydrogens (primary N) is 2. The van der Waals surface area contributed by atoms with E-state index < -0.39 is 65.6 Å². The number of nitrogens with one attached hydrogen (secondary N) is 4. The van der Waals surface area contributed by atoms with Gasteiger partial charge in [0.2, 0.25) is 11.8 Å². The maximum Gasteiger partial charge on any atom is 0.312 e. The number of Topliss-reactive ketones (excluding diaryl/α,β-unsaturated/α-hetero) is 3. The summed E-state index contributed by atoms with van der Waals surface area (Å²) >= 11 is 4.64. The average molecular weight is 823 g/mol. The first-order valence-corrected chi connectivity index (χ1v) is 19.1. The number of amides is 6. The number of ketones is 3. The van der Waals surface area contributed by atoms with Crippen LogP contribution in [0.15, 0.2) is 0 Å². The number of hydrogen-bond donors (Lipinski definition) is 9. The molecule has 11 N–H and O–H groups in total. The van der Waals surface area contributed by atoms with Crippen molar-refractivity contribution in [3.05, 3.63) is 0 Å². The van der Waals surface area contributed by atoms with E-state index in [4.69, 9.17) is 21.7 Å². The van der Waals surface area contributed by atoms with Crippen LogP contribution in [0.25, 0.3) is 0 Å². The molecule has 0 aliphatic carbocycles. The topological polar surface area (TPSA) is 332 Å². The third-order valence-corrected chi connectivity index (χ3v) is 8.13. The highest BCUT2D eigenvalue weighted by molar-refractivity contribution is 6.15. The Kier molecular flexibility index (Phi) is 32.2. The highest BCUT2D eigenvalue weighted by Crippen LogP contribution is 2.18. The summed E-state index contributed by atoms with van der Waals surface area (Å²) in [6.07, 6.45) is 2.80. The number of carbonyl (C=O) groups excluding carboxylic acids is 7. The van der Waals surface area contributed by atoms with Crippen molar-refractivity contribution in [2.24, 2.45) is 35.1 Å². The van der Waals surface area contributed by atoms with Crippen LogP contribution in [0.5, 0.6) is 0 Å². The van der Waals surface area contributed by atoms with Crippen LogP contribution in [-0.2, 0) is 38.4 Å². The number of carboxylic acid groups (broad SMARTS) is 3. The van der Waals surface area contributed by atoms with Crippen LogP contribution in [0, 0.1) is 23.7 Å². The summed E-state index contributed by atoms with van der Waals surface area (Å²) in [6, 6.07) is -2.92. The van der Waals surface area contributed by atoms with Crippen molar-refractivity contribution in [2.75, 3.05) is 19.5 Å². The Hall–Kier alpha value is -4.81. The number of urea groups is 2. The van der Waals surface area contributed by atoms with E-state index in [2.05, 4.69) is 32.9 Å². The van der Waals surface area contributed by atoms with Crippen LogP contribution in [0.4, 0.5) is 9.59 Å². The molecule has 56 heavy (non-hydrogen) atoms. The van der Waals surface area contributed by atoms with Gasteiger partial charge in [0.1, 0.15) is 5.78 Å². The molecule has 0 aromatic carbocycles. The number of carbonyl (C=O) groups is 10. The predicted octanol–water partition coefficient (Wildman–Crippen LogP) is 2.34. The fourth-order valence-corrected chi connectivity index (χ4v) is 5.15. The van der Waals surface area contributed by atoms with E-state index in [0.717, 1.165) is 0 Å². The number of alkyl halides is 1. The minimum Gasteiger partial charge on any atom is -0.481 e. The molecule has 322 valence electrons. The number of carboxylic acids is 3. The molecule has 0 bridgehead atoms. The van der Waals surface area contributed by atoms with Gasteiger partial charge < -0.3 is 48.1 Å². The van der Waals surface area contributed by atoms with Crippen molar-refractivity contribution in [3.63, 3.8) is 0 Å². The van der Waals surface area contributed by atoms with E-state index >= 15 is 0 Å². The normalized spacial score (nSPS) is 12.5. The lowest BCUT2D eigenvalue weighted by Crippen LogP contribution is -2.45. The number of rotatable bonds is 28. The van der Waals surface area contributed by atoms with E-state index in [-0.39, 0.29) is 93.6 Å². The Balaban J connectivity index is -0.000000960. The third-order valence-electron chi connectivity index (χ3n) is 8.13. The van der Waals surface area contributed by atoms with Crippen LogP contribution in [-0.4, -0.2) is 106 Å². The number of hydrogen-bond acceptors (Lipinski definition) is 10. The van der Waals surface area contributed by atoms with Gasteiger partial charge >= 0.3 is 30.0 Å². The molecule has 6 amide bonds. The molecule has 20 heteroatoms. The zero-order valence-electron chi connectivity index (χ0n) is 33.3. The molecule has 0 rings (SSSR count). The van der Waals surface area contributed by atoms with E-state index in [9.17, 15) is 53.1 Å². The first-order chi connectivity index (χ1) is 26.1. The predicted molar refractivity (Wildman–Crippen MR) is 206 cm³/mol. The summed E-state index contributed by atoms with van der Waals surface area (Å²) in [4.78, 5) is 114. The molecule has 4 atom stereocenters. The van der Waals surface area contributed by atoms with Crippen molar-refractivity contribution in [1.29, 1.82) is 0 Å². The largest absolute Gasteiger partial charge is 0.481 e. The van der Waals surface area contributed by atoms with Crippen LogP contribution in [0.1, 0.15) is 112 Å². The molecule has 0 saturated heterocycles. The molecule has 0 aromatic heterocycles.